The Labute approximate surface area is 114 Å². The van der Waals surface area contributed by atoms with Crippen LogP contribution >= 0.6 is 12.2 Å². The third-order valence-electron chi connectivity index (χ3n) is 3.15. The highest BCUT2D eigenvalue weighted by atomic mass is 32.1. The average Bonchev–Trinajstić information content (AvgIpc) is 2.76. The summed E-state index contributed by atoms with van der Waals surface area (Å²) in [6, 6.07) is 6.71. The van der Waals surface area contributed by atoms with Crippen LogP contribution in [0.5, 0.6) is 0 Å². The van der Waals surface area contributed by atoms with Gasteiger partial charge in [-0.05, 0) is 61.7 Å². The van der Waals surface area contributed by atoms with Gasteiger partial charge in [0.05, 0.1) is 6.61 Å². The van der Waals surface area contributed by atoms with E-state index >= 15 is 0 Å². The smallest absolute Gasteiger partial charge is 0.171 e. The molecule has 1 aliphatic carbocycles. The van der Waals surface area contributed by atoms with Crippen LogP contribution in [0.1, 0.15) is 24.5 Å². The molecule has 2 rings (SSSR count). The number of hydrogen-bond acceptors (Lipinski definition) is 2. The Bertz CT molecular complexity index is 434. The molecule has 4 heteroatoms. The Kier molecular flexibility index (Phi) is 4.55. The van der Waals surface area contributed by atoms with E-state index in [0.29, 0.717) is 11.7 Å². The number of thiocarbonyl (C=S) groups is 1. The zero-order valence-corrected chi connectivity index (χ0v) is 11.8. The van der Waals surface area contributed by atoms with Crippen molar-refractivity contribution in [3.8, 4) is 0 Å². The Morgan fingerprint density at radius 2 is 2.17 bits per heavy atom. The monoisotopic (exact) mass is 264 g/mol. The molecular formula is C14H20N2OS. The summed E-state index contributed by atoms with van der Waals surface area (Å²) >= 11 is 5.28. The highest BCUT2D eigenvalue weighted by Gasteiger charge is 2.11. The van der Waals surface area contributed by atoms with Crippen molar-refractivity contribution in [3.05, 3.63) is 29.3 Å². The highest BCUT2D eigenvalue weighted by molar-refractivity contribution is 7.80. The fraction of sp³-hybridized carbons (Fsp3) is 0.500. The van der Waals surface area contributed by atoms with Gasteiger partial charge < -0.3 is 15.4 Å². The lowest BCUT2D eigenvalue weighted by Gasteiger charge is -2.16. The van der Waals surface area contributed by atoms with Gasteiger partial charge in [0.2, 0.25) is 0 Å². The van der Waals surface area contributed by atoms with E-state index in [4.69, 9.17) is 17.0 Å². The van der Waals surface area contributed by atoms with Crippen LogP contribution in [0.15, 0.2) is 18.2 Å². The first-order chi connectivity index (χ1) is 8.69. The molecule has 2 N–H and O–H groups in total. The molecule has 0 aliphatic heterocycles. The van der Waals surface area contributed by atoms with E-state index in [1.54, 1.807) is 7.11 Å². The van der Waals surface area contributed by atoms with Gasteiger partial charge in [0.25, 0.3) is 0 Å². The Hall–Kier alpha value is -1.13. The van der Waals surface area contributed by atoms with Crippen LogP contribution in [-0.2, 0) is 17.6 Å². The van der Waals surface area contributed by atoms with E-state index in [1.807, 2.05) is 6.92 Å². The minimum atomic E-state index is 0.212. The molecule has 0 radical (unpaired) electrons. The lowest BCUT2D eigenvalue weighted by molar-refractivity contribution is 0.179. The zero-order valence-electron chi connectivity index (χ0n) is 11.0. The molecule has 0 spiro atoms. The Morgan fingerprint density at radius 3 is 2.94 bits per heavy atom. The third-order valence-corrected chi connectivity index (χ3v) is 3.37. The van der Waals surface area contributed by atoms with E-state index < -0.39 is 0 Å². The molecule has 0 amide bonds. The predicted octanol–water partition coefficient (Wildman–Crippen LogP) is 2.50. The van der Waals surface area contributed by atoms with Crippen molar-refractivity contribution < 1.29 is 4.74 Å². The number of rotatable bonds is 4. The maximum atomic E-state index is 5.28. The fourth-order valence-corrected chi connectivity index (χ4v) is 2.65. The van der Waals surface area contributed by atoms with Crippen molar-refractivity contribution in [2.75, 3.05) is 19.0 Å². The first kappa shape index (κ1) is 13.3. The van der Waals surface area contributed by atoms with Crippen LogP contribution in [0.25, 0.3) is 0 Å². The summed E-state index contributed by atoms with van der Waals surface area (Å²) in [6.45, 7) is 2.69. The molecule has 1 aromatic carbocycles. The van der Waals surface area contributed by atoms with Gasteiger partial charge in [-0.3, -0.25) is 0 Å². The standard InChI is InChI=1S/C14H20N2OS/c1-10(9-17-2)15-14(18)16-13-7-6-11-4-3-5-12(11)8-13/h6-8,10H,3-5,9H2,1-2H3,(H2,15,16,18). The summed E-state index contributed by atoms with van der Waals surface area (Å²) in [6.07, 6.45) is 3.67. The predicted molar refractivity (Wildman–Crippen MR) is 79.2 cm³/mol. The number of aryl methyl sites for hydroxylation is 2. The number of methoxy groups -OCH3 is 1. The van der Waals surface area contributed by atoms with Crippen molar-refractivity contribution in [3.63, 3.8) is 0 Å². The lowest BCUT2D eigenvalue weighted by Crippen LogP contribution is -2.38. The number of ether oxygens (including phenoxy) is 1. The Balaban J connectivity index is 1.91. The minimum absolute atomic E-state index is 0.212. The van der Waals surface area contributed by atoms with Crippen LogP contribution in [0, 0.1) is 0 Å². The summed E-state index contributed by atoms with van der Waals surface area (Å²) in [4.78, 5) is 0. The van der Waals surface area contributed by atoms with Crippen LogP contribution in [0.4, 0.5) is 5.69 Å². The average molecular weight is 264 g/mol. The molecule has 0 bridgehead atoms. The van der Waals surface area contributed by atoms with Crippen molar-refractivity contribution in [1.29, 1.82) is 0 Å². The van der Waals surface area contributed by atoms with Crippen molar-refractivity contribution >= 4 is 23.0 Å². The topological polar surface area (TPSA) is 33.3 Å². The molecular weight excluding hydrogens is 244 g/mol. The van der Waals surface area contributed by atoms with Gasteiger partial charge in [0, 0.05) is 18.8 Å². The summed E-state index contributed by atoms with van der Waals surface area (Å²) in [5.41, 5.74) is 4.00. The van der Waals surface area contributed by atoms with E-state index in [-0.39, 0.29) is 6.04 Å². The van der Waals surface area contributed by atoms with Gasteiger partial charge in [-0.15, -0.1) is 0 Å². The number of anilines is 1. The summed E-state index contributed by atoms with van der Waals surface area (Å²) in [5, 5.41) is 7.07. The molecule has 0 saturated carbocycles. The SMILES string of the molecule is COCC(C)NC(=S)Nc1ccc2c(c1)CCC2. The molecule has 0 heterocycles. The number of nitrogens with one attached hydrogen (secondary N) is 2. The maximum Gasteiger partial charge on any atom is 0.171 e. The van der Waals surface area contributed by atoms with Crippen LogP contribution in [-0.4, -0.2) is 24.9 Å². The second kappa shape index (κ2) is 6.16. The van der Waals surface area contributed by atoms with Gasteiger partial charge in [0.1, 0.15) is 0 Å². The van der Waals surface area contributed by atoms with Gasteiger partial charge in [-0.1, -0.05) is 6.07 Å². The summed E-state index contributed by atoms with van der Waals surface area (Å²) in [7, 11) is 1.69. The van der Waals surface area contributed by atoms with E-state index in [0.717, 1.165) is 5.69 Å². The largest absolute Gasteiger partial charge is 0.383 e. The fourth-order valence-electron chi connectivity index (χ4n) is 2.33. The number of hydrogen-bond donors (Lipinski definition) is 2. The normalized spacial score (nSPS) is 15.0. The first-order valence-electron chi connectivity index (χ1n) is 6.37. The highest BCUT2D eigenvalue weighted by Crippen LogP contribution is 2.24. The van der Waals surface area contributed by atoms with Crippen molar-refractivity contribution in [2.24, 2.45) is 0 Å². The number of benzene rings is 1. The number of fused-ring (bicyclic) bond motifs is 1. The lowest BCUT2D eigenvalue weighted by atomic mass is 10.1. The molecule has 18 heavy (non-hydrogen) atoms. The third kappa shape index (κ3) is 3.43. The van der Waals surface area contributed by atoms with E-state index in [1.165, 1.54) is 30.4 Å². The quantitative estimate of drug-likeness (QED) is 0.819. The first-order valence-corrected chi connectivity index (χ1v) is 6.78. The van der Waals surface area contributed by atoms with Gasteiger partial charge in [-0.2, -0.15) is 0 Å². The Morgan fingerprint density at radius 1 is 1.39 bits per heavy atom. The second-order valence-electron chi connectivity index (χ2n) is 4.79. The van der Waals surface area contributed by atoms with Gasteiger partial charge in [-0.25, -0.2) is 0 Å². The van der Waals surface area contributed by atoms with Crippen LogP contribution in [0.3, 0.4) is 0 Å². The second-order valence-corrected chi connectivity index (χ2v) is 5.20. The molecule has 1 atom stereocenters. The van der Waals surface area contributed by atoms with Gasteiger partial charge in [0.15, 0.2) is 5.11 Å². The minimum Gasteiger partial charge on any atom is -0.383 e. The molecule has 98 valence electrons. The van der Waals surface area contributed by atoms with Crippen LogP contribution in [0.2, 0.25) is 0 Å². The summed E-state index contributed by atoms with van der Waals surface area (Å²) in [5.74, 6) is 0. The van der Waals surface area contributed by atoms with E-state index in [2.05, 4.69) is 28.8 Å². The summed E-state index contributed by atoms with van der Waals surface area (Å²) < 4.78 is 5.07. The molecule has 0 fully saturated rings. The van der Waals surface area contributed by atoms with E-state index in [9.17, 15) is 0 Å². The maximum absolute atomic E-state index is 5.28. The van der Waals surface area contributed by atoms with Crippen LogP contribution < -0.4 is 10.6 Å². The van der Waals surface area contributed by atoms with Crippen molar-refractivity contribution in [2.45, 2.75) is 32.2 Å². The molecule has 3 nitrogen and oxygen atoms in total. The zero-order chi connectivity index (χ0) is 13.0. The molecule has 1 aliphatic rings. The van der Waals surface area contributed by atoms with Crippen molar-refractivity contribution in [1.82, 2.24) is 5.32 Å². The molecule has 1 unspecified atom stereocenters. The molecule has 0 aromatic heterocycles. The molecule has 0 saturated heterocycles. The molecule has 1 aromatic rings. The van der Waals surface area contributed by atoms with Gasteiger partial charge >= 0.3 is 0 Å².